The summed E-state index contributed by atoms with van der Waals surface area (Å²) in [5, 5.41) is 0.839. The number of nitrogens with zero attached hydrogens (tertiary/aromatic N) is 2. The van der Waals surface area contributed by atoms with Gasteiger partial charge in [0.1, 0.15) is 0 Å². The molecule has 1 rings (SSSR count). The molecular weight excluding hydrogens is 182 g/mol. The first-order valence-electron chi connectivity index (χ1n) is 4.36. The molecule has 0 unspecified atom stereocenters. The molecule has 0 aliphatic carbocycles. The molecule has 0 aliphatic rings. The van der Waals surface area contributed by atoms with E-state index in [1.165, 1.54) is 0 Å². The summed E-state index contributed by atoms with van der Waals surface area (Å²) in [5.74, 6) is 1.73. The van der Waals surface area contributed by atoms with Gasteiger partial charge < -0.3 is 5.73 Å². The van der Waals surface area contributed by atoms with E-state index in [9.17, 15) is 0 Å². The van der Waals surface area contributed by atoms with Crippen molar-refractivity contribution in [1.29, 1.82) is 0 Å². The van der Waals surface area contributed by atoms with Crippen LogP contribution in [0.2, 0.25) is 0 Å². The Morgan fingerprint density at radius 3 is 2.46 bits per heavy atom. The van der Waals surface area contributed by atoms with E-state index in [-0.39, 0.29) is 0 Å². The summed E-state index contributed by atoms with van der Waals surface area (Å²) in [6.07, 6.45) is 3.57. The van der Waals surface area contributed by atoms with Gasteiger partial charge in [0.05, 0.1) is 0 Å². The van der Waals surface area contributed by atoms with Gasteiger partial charge in [-0.05, 0) is 5.92 Å². The lowest BCUT2D eigenvalue weighted by Crippen LogP contribution is -1.99. The fourth-order valence-corrected chi connectivity index (χ4v) is 1.50. The maximum Gasteiger partial charge on any atom is 0.187 e. The molecule has 4 heteroatoms. The van der Waals surface area contributed by atoms with Gasteiger partial charge in [0.15, 0.2) is 5.16 Å². The number of rotatable bonds is 4. The van der Waals surface area contributed by atoms with Crippen molar-refractivity contribution in [3.63, 3.8) is 0 Å². The molecule has 0 bridgehead atoms. The first-order valence-corrected chi connectivity index (χ1v) is 5.34. The second-order valence-electron chi connectivity index (χ2n) is 3.28. The van der Waals surface area contributed by atoms with E-state index in [0.29, 0.717) is 12.5 Å². The van der Waals surface area contributed by atoms with Crippen molar-refractivity contribution in [3.8, 4) is 0 Å². The quantitative estimate of drug-likeness (QED) is 0.589. The molecule has 72 valence electrons. The fourth-order valence-electron chi connectivity index (χ4n) is 0.764. The number of thioether (sulfide) groups is 1. The monoisotopic (exact) mass is 197 g/mol. The first kappa shape index (κ1) is 10.5. The van der Waals surface area contributed by atoms with Crippen LogP contribution in [0.5, 0.6) is 0 Å². The van der Waals surface area contributed by atoms with Crippen LogP contribution in [0.25, 0.3) is 0 Å². The molecule has 1 aromatic rings. The van der Waals surface area contributed by atoms with Crippen molar-refractivity contribution in [1.82, 2.24) is 9.97 Å². The summed E-state index contributed by atoms with van der Waals surface area (Å²) in [5.41, 5.74) is 6.42. The highest BCUT2D eigenvalue weighted by molar-refractivity contribution is 7.99. The van der Waals surface area contributed by atoms with Gasteiger partial charge in [-0.3, -0.25) is 0 Å². The van der Waals surface area contributed by atoms with E-state index in [1.807, 2.05) is 0 Å². The van der Waals surface area contributed by atoms with E-state index in [1.54, 1.807) is 24.2 Å². The maximum atomic E-state index is 5.44. The third-order valence-corrected chi connectivity index (χ3v) is 2.77. The van der Waals surface area contributed by atoms with Gasteiger partial charge in [-0.25, -0.2) is 9.97 Å². The second kappa shape index (κ2) is 5.19. The lowest BCUT2D eigenvalue weighted by atomic mass is 10.3. The van der Waals surface area contributed by atoms with Crippen LogP contribution in [0.3, 0.4) is 0 Å². The predicted octanol–water partition coefficient (Wildman–Crippen LogP) is 1.68. The Morgan fingerprint density at radius 2 is 2.00 bits per heavy atom. The molecule has 0 saturated carbocycles. The van der Waals surface area contributed by atoms with Crippen LogP contribution >= 0.6 is 11.8 Å². The summed E-state index contributed by atoms with van der Waals surface area (Å²) >= 11 is 1.68. The molecule has 2 N–H and O–H groups in total. The van der Waals surface area contributed by atoms with Crippen molar-refractivity contribution in [3.05, 3.63) is 18.0 Å². The predicted molar refractivity (Wildman–Crippen MR) is 55.5 cm³/mol. The standard InChI is InChI=1S/C9H15N3S/c1-7(2)6-13-9-11-4-8(3-10)5-12-9/h4-5,7H,3,6,10H2,1-2H3. The molecule has 0 amide bonds. The molecule has 0 fully saturated rings. The highest BCUT2D eigenvalue weighted by Gasteiger charge is 1.99. The van der Waals surface area contributed by atoms with E-state index in [2.05, 4.69) is 23.8 Å². The van der Waals surface area contributed by atoms with Crippen LogP contribution in [0.4, 0.5) is 0 Å². The van der Waals surface area contributed by atoms with Crippen molar-refractivity contribution >= 4 is 11.8 Å². The van der Waals surface area contributed by atoms with Crippen LogP contribution < -0.4 is 5.73 Å². The van der Waals surface area contributed by atoms with Crippen molar-refractivity contribution in [2.45, 2.75) is 25.5 Å². The van der Waals surface area contributed by atoms with Gasteiger partial charge >= 0.3 is 0 Å². The van der Waals surface area contributed by atoms with Gasteiger partial charge in [0.25, 0.3) is 0 Å². The topological polar surface area (TPSA) is 51.8 Å². The molecule has 13 heavy (non-hydrogen) atoms. The molecule has 0 aliphatic heterocycles. The van der Waals surface area contributed by atoms with Gasteiger partial charge in [-0.2, -0.15) is 0 Å². The second-order valence-corrected chi connectivity index (χ2v) is 4.27. The smallest absolute Gasteiger partial charge is 0.187 e. The van der Waals surface area contributed by atoms with Crippen molar-refractivity contribution in [2.24, 2.45) is 11.7 Å². The normalized spacial score (nSPS) is 10.8. The minimum Gasteiger partial charge on any atom is -0.326 e. The highest BCUT2D eigenvalue weighted by atomic mass is 32.2. The molecule has 0 saturated heterocycles. The third kappa shape index (κ3) is 3.74. The van der Waals surface area contributed by atoms with Gasteiger partial charge in [-0.1, -0.05) is 25.6 Å². The zero-order valence-corrected chi connectivity index (χ0v) is 8.84. The fraction of sp³-hybridized carbons (Fsp3) is 0.556. The number of aromatic nitrogens is 2. The number of hydrogen-bond donors (Lipinski definition) is 1. The van der Waals surface area contributed by atoms with Crippen LogP contribution in [0.1, 0.15) is 19.4 Å². The minimum atomic E-state index is 0.509. The minimum absolute atomic E-state index is 0.509. The lowest BCUT2D eigenvalue weighted by Gasteiger charge is -2.02. The van der Waals surface area contributed by atoms with E-state index >= 15 is 0 Å². The first-order chi connectivity index (χ1) is 6.22. The van der Waals surface area contributed by atoms with E-state index in [4.69, 9.17) is 5.73 Å². The molecule has 3 nitrogen and oxygen atoms in total. The Morgan fingerprint density at radius 1 is 1.38 bits per heavy atom. The van der Waals surface area contributed by atoms with E-state index < -0.39 is 0 Å². The molecule has 1 heterocycles. The van der Waals surface area contributed by atoms with Crippen LogP contribution in [-0.4, -0.2) is 15.7 Å². The van der Waals surface area contributed by atoms with Crippen molar-refractivity contribution < 1.29 is 0 Å². The average molecular weight is 197 g/mol. The Hall–Kier alpha value is -0.610. The van der Waals surface area contributed by atoms with Crippen LogP contribution in [0.15, 0.2) is 17.6 Å². The average Bonchev–Trinajstić information content (AvgIpc) is 2.15. The molecule has 0 radical (unpaired) electrons. The zero-order chi connectivity index (χ0) is 9.68. The largest absolute Gasteiger partial charge is 0.326 e. The SMILES string of the molecule is CC(C)CSc1ncc(CN)cn1. The van der Waals surface area contributed by atoms with Gasteiger partial charge in [0, 0.05) is 30.3 Å². The Labute approximate surface area is 83.2 Å². The summed E-state index contributed by atoms with van der Waals surface area (Å²) in [7, 11) is 0. The Kier molecular flexibility index (Phi) is 4.18. The number of hydrogen-bond acceptors (Lipinski definition) is 4. The Balaban J connectivity index is 2.49. The van der Waals surface area contributed by atoms with Gasteiger partial charge in [0.2, 0.25) is 0 Å². The maximum absolute atomic E-state index is 5.44. The Bertz CT molecular complexity index is 246. The zero-order valence-electron chi connectivity index (χ0n) is 8.03. The molecular formula is C9H15N3S. The summed E-state index contributed by atoms with van der Waals surface area (Å²) in [6.45, 7) is 4.87. The lowest BCUT2D eigenvalue weighted by molar-refractivity contribution is 0.747. The molecule has 0 spiro atoms. The summed E-state index contributed by atoms with van der Waals surface area (Å²) in [4.78, 5) is 8.39. The summed E-state index contributed by atoms with van der Waals surface area (Å²) in [6, 6.07) is 0. The molecule has 0 atom stereocenters. The summed E-state index contributed by atoms with van der Waals surface area (Å²) < 4.78 is 0. The van der Waals surface area contributed by atoms with Gasteiger partial charge in [-0.15, -0.1) is 0 Å². The van der Waals surface area contributed by atoms with Crippen molar-refractivity contribution in [2.75, 3.05) is 5.75 Å². The third-order valence-electron chi connectivity index (χ3n) is 1.46. The highest BCUT2D eigenvalue weighted by Crippen LogP contribution is 2.15. The van der Waals surface area contributed by atoms with E-state index in [0.717, 1.165) is 16.5 Å². The van der Waals surface area contributed by atoms with Crippen LogP contribution in [-0.2, 0) is 6.54 Å². The van der Waals surface area contributed by atoms with Crippen LogP contribution in [0, 0.1) is 5.92 Å². The number of nitrogens with two attached hydrogens (primary N) is 1. The molecule has 0 aromatic carbocycles. The molecule has 1 aromatic heterocycles.